The van der Waals surface area contributed by atoms with Crippen LogP contribution in [0.5, 0.6) is 0 Å². The highest BCUT2D eigenvalue weighted by Crippen LogP contribution is 1.89. The topological polar surface area (TPSA) is 27.1 Å². The van der Waals surface area contributed by atoms with Gasteiger partial charge in [0.25, 0.3) is 0 Å². The highest BCUT2D eigenvalue weighted by atomic mass is 15.1. The van der Waals surface area contributed by atoms with Gasteiger partial charge in [0.1, 0.15) is 0 Å². The van der Waals surface area contributed by atoms with Crippen molar-refractivity contribution in [1.82, 2.24) is 4.90 Å². The van der Waals surface area contributed by atoms with Gasteiger partial charge < -0.3 is 0 Å². The highest BCUT2D eigenvalue weighted by Gasteiger charge is 1.94. The Balaban J connectivity index is 2.80. The van der Waals surface area contributed by atoms with E-state index in [0.717, 1.165) is 6.42 Å². The molecule has 60 valence electrons. The van der Waals surface area contributed by atoms with Crippen molar-refractivity contribution >= 4 is 5.84 Å². The monoisotopic (exact) mass is 158 g/mol. The van der Waals surface area contributed by atoms with E-state index in [2.05, 4.69) is 23.8 Å². The minimum absolute atomic E-state index is 0.262. The molecule has 1 aliphatic rings. The van der Waals surface area contributed by atoms with Gasteiger partial charge in [0.05, 0.1) is 0 Å². The second-order valence-corrected chi connectivity index (χ2v) is 2.38. The smallest absolute Gasteiger partial charge is 0.185 e. The maximum absolute atomic E-state index is 7.43. The number of amidine groups is 1. The van der Waals surface area contributed by atoms with Gasteiger partial charge in [-0.1, -0.05) is 24.0 Å². The van der Waals surface area contributed by atoms with E-state index in [-0.39, 0.29) is 5.84 Å². The summed E-state index contributed by atoms with van der Waals surface area (Å²) in [6, 6.07) is 2.81. The summed E-state index contributed by atoms with van der Waals surface area (Å²) < 4.78 is 0. The molecule has 0 aliphatic carbocycles. The second-order valence-electron chi connectivity index (χ2n) is 2.38. The van der Waals surface area contributed by atoms with Crippen molar-refractivity contribution in [3.8, 4) is 23.8 Å². The van der Waals surface area contributed by atoms with Crippen LogP contribution in [0.4, 0.5) is 0 Å². The van der Waals surface area contributed by atoms with Crippen LogP contribution in [0, 0.1) is 29.2 Å². The fourth-order valence-electron chi connectivity index (χ4n) is 0.723. The maximum Gasteiger partial charge on any atom is 0.185 e. The van der Waals surface area contributed by atoms with Crippen molar-refractivity contribution in [1.29, 1.82) is 5.41 Å². The van der Waals surface area contributed by atoms with E-state index in [9.17, 15) is 0 Å². The lowest BCUT2D eigenvalue weighted by atomic mass is 10.3. The molecule has 1 rings (SSSR count). The molecule has 0 saturated heterocycles. The largest absolute Gasteiger partial charge is 0.282 e. The van der Waals surface area contributed by atoms with Crippen molar-refractivity contribution < 1.29 is 0 Å². The lowest BCUT2D eigenvalue weighted by Crippen LogP contribution is -2.18. The zero-order chi connectivity index (χ0) is 8.81. The molecule has 0 aromatic carbocycles. The molecule has 0 saturated carbocycles. The molecule has 0 aromatic heterocycles. The summed E-state index contributed by atoms with van der Waals surface area (Å²) in [5.41, 5.74) is 0. The predicted molar refractivity (Wildman–Crippen MR) is 49.4 cm³/mol. The fraction of sp³-hybridized carbons (Fsp3) is 0.300. The SMILES string of the molecule is CN1C#CC/C=C/CC#CC1=N. The van der Waals surface area contributed by atoms with Crippen LogP contribution < -0.4 is 0 Å². The molecule has 2 heteroatoms. The Labute approximate surface area is 72.8 Å². The third kappa shape index (κ3) is 2.52. The Hall–Kier alpha value is -1.67. The molecule has 1 heterocycles. The van der Waals surface area contributed by atoms with E-state index in [0.29, 0.717) is 6.42 Å². The number of hydrogen-bond acceptors (Lipinski definition) is 1. The second kappa shape index (κ2) is 4.26. The summed E-state index contributed by atoms with van der Waals surface area (Å²) in [6.45, 7) is 0. The van der Waals surface area contributed by atoms with Crippen LogP contribution in [-0.2, 0) is 0 Å². The van der Waals surface area contributed by atoms with Crippen molar-refractivity contribution in [3.05, 3.63) is 12.2 Å². The summed E-state index contributed by atoms with van der Waals surface area (Å²) in [6.07, 6.45) is 5.40. The maximum atomic E-state index is 7.43. The number of nitrogens with zero attached hydrogens (tertiary/aromatic N) is 1. The van der Waals surface area contributed by atoms with Gasteiger partial charge in [0.2, 0.25) is 0 Å². The summed E-state index contributed by atoms with van der Waals surface area (Å²) in [7, 11) is 1.75. The Kier molecular flexibility index (Phi) is 2.99. The van der Waals surface area contributed by atoms with Gasteiger partial charge in [-0.05, 0) is 5.92 Å². The molecule has 0 unspecified atom stereocenters. The zero-order valence-electron chi connectivity index (χ0n) is 7.02. The summed E-state index contributed by atoms with van der Waals surface area (Å²) >= 11 is 0. The number of rotatable bonds is 0. The highest BCUT2D eigenvalue weighted by molar-refractivity contribution is 5.96. The van der Waals surface area contributed by atoms with E-state index >= 15 is 0 Å². The van der Waals surface area contributed by atoms with E-state index < -0.39 is 0 Å². The van der Waals surface area contributed by atoms with Crippen LogP contribution in [0.1, 0.15) is 12.8 Å². The van der Waals surface area contributed by atoms with Gasteiger partial charge in [-0.2, -0.15) is 0 Å². The Morgan fingerprint density at radius 1 is 1.33 bits per heavy atom. The van der Waals surface area contributed by atoms with Crippen LogP contribution >= 0.6 is 0 Å². The number of hydrogen-bond donors (Lipinski definition) is 1. The molecule has 12 heavy (non-hydrogen) atoms. The van der Waals surface area contributed by atoms with Crippen molar-refractivity contribution in [3.63, 3.8) is 0 Å². The van der Waals surface area contributed by atoms with Gasteiger partial charge in [0.15, 0.2) is 5.84 Å². The quantitative estimate of drug-likeness (QED) is 0.416. The van der Waals surface area contributed by atoms with Crippen molar-refractivity contribution in [2.24, 2.45) is 0 Å². The first kappa shape index (κ1) is 8.43. The molecule has 2 nitrogen and oxygen atoms in total. The molecule has 1 N–H and O–H groups in total. The predicted octanol–water partition coefficient (Wildman–Crippen LogP) is 1.21. The average Bonchev–Trinajstić information content (AvgIpc) is 2.08. The number of allylic oxidation sites excluding steroid dienone is 2. The van der Waals surface area contributed by atoms with Gasteiger partial charge in [0, 0.05) is 25.9 Å². The normalized spacial score (nSPS) is 18.4. The molecular formula is C10H10N2. The van der Waals surface area contributed by atoms with Crippen LogP contribution in [0.2, 0.25) is 0 Å². The third-order valence-corrected chi connectivity index (χ3v) is 1.40. The molecule has 0 radical (unpaired) electrons. The van der Waals surface area contributed by atoms with E-state index in [4.69, 9.17) is 5.41 Å². The van der Waals surface area contributed by atoms with Gasteiger partial charge in [-0.3, -0.25) is 10.3 Å². The minimum atomic E-state index is 0.262. The van der Waals surface area contributed by atoms with E-state index in [1.807, 2.05) is 12.2 Å². The minimum Gasteiger partial charge on any atom is -0.282 e. The first-order valence-corrected chi connectivity index (χ1v) is 3.75. The molecule has 0 aromatic rings. The average molecular weight is 158 g/mol. The first-order valence-electron chi connectivity index (χ1n) is 3.75. The molecule has 0 atom stereocenters. The molecule has 1 aliphatic heterocycles. The fourth-order valence-corrected chi connectivity index (χ4v) is 0.723. The van der Waals surface area contributed by atoms with Crippen molar-refractivity contribution in [2.45, 2.75) is 12.8 Å². The molecule has 0 amide bonds. The third-order valence-electron chi connectivity index (χ3n) is 1.40. The lowest BCUT2D eigenvalue weighted by molar-refractivity contribution is 0.727. The zero-order valence-corrected chi connectivity index (χ0v) is 7.02. The van der Waals surface area contributed by atoms with Crippen molar-refractivity contribution in [2.75, 3.05) is 7.05 Å². The van der Waals surface area contributed by atoms with Crippen LogP contribution in [0.25, 0.3) is 0 Å². The summed E-state index contributed by atoms with van der Waals surface area (Å²) in [5.74, 6) is 8.75. The summed E-state index contributed by atoms with van der Waals surface area (Å²) in [5, 5.41) is 7.43. The van der Waals surface area contributed by atoms with Crippen LogP contribution in [0.3, 0.4) is 0 Å². The first-order chi connectivity index (χ1) is 5.80. The van der Waals surface area contributed by atoms with Gasteiger partial charge >= 0.3 is 0 Å². The number of nitrogens with one attached hydrogen (secondary N) is 1. The molecule has 0 spiro atoms. The Bertz CT molecular complexity index is 317. The van der Waals surface area contributed by atoms with Gasteiger partial charge in [-0.25, -0.2) is 0 Å². The van der Waals surface area contributed by atoms with Crippen LogP contribution in [-0.4, -0.2) is 17.8 Å². The molecule has 0 fully saturated rings. The lowest BCUT2D eigenvalue weighted by Gasteiger charge is -2.05. The molecule has 0 bridgehead atoms. The van der Waals surface area contributed by atoms with E-state index in [1.54, 1.807) is 7.05 Å². The standard InChI is InChI=1S/C10H10N2/c1-12-9-7-5-3-2-4-6-8-10(12)11/h2-3,11H,4-5H2,1H3/b3-2+,11-10?. The van der Waals surface area contributed by atoms with Crippen LogP contribution in [0.15, 0.2) is 12.2 Å². The summed E-state index contributed by atoms with van der Waals surface area (Å²) in [4.78, 5) is 1.53. The Morgan fingerprint density at radius 2 is 2.00 bits per heavy atom. The Morgan fingerprint density at radius 3 is 2.75 bits per heavy atom. The van der Waals surface area contributed by atoms with Gasteiger partial charge in [-0.15, -0.1) is 0 Å². The molecular weight excluding hydrogens is 148 g/mol. The van der Waals surface area contributed by atoms with E-state index in [1.165, 1.54) is 4.90 Å².